The minimum Gasteiger partial charge on any atom is -0.504 e. The molecule has 1 aliphatic heterocycles. The smallest absolute Gasteiger partial charge is 0.321 e. The van der Waals surface area contributed by atoms with Crippen molar-refractivity contribution in [3.8, 4) is 0 Å². The first-order chi connectivity index (χ1) is 13.0. The third-order valence-electron chi connectivity index (χ3n) is 4.79. The lowest BCUT2D eigenvalue weighted by molar-refractivity contribution is -0.116. The second kappa shape index (κ2) is 8.22. The Morgan fingerprint density at radius 2 is 2.04 bits per heavy atom. The number of amides is 3. The number of benzene rings is 1. The van der Waals surface area contributed by atoms with Gasteiger partial charge in [0.05, 0.1) is 31.1 Å². The Hall–Kier alpha value is -2.87. The summed E-state index contributed by atoms with van der Waals surface area (Å²) in [6, 6.07) is 8.57. The summed E-state index contributed by atoms with van der Waals surface area (Å²) >= 11 is 0. The van der Waals surface area contributed by atoms with Crippen LogP contribution in [0.5, 0.6) is 0 Å². The molecule has 0 bridgehead atoms. The number of oxime groups is 1. The number of ether oxygens (including phenoxy) is 1. The van der Waals surface area contributed by atoms with Crippen LogP contribution in [0.25, 0.3) is 0 Å². The highest BCUT2D eigenvalue weighted by molar-refractivity contribution is 6.05. The molecule has 144 valence electrons. The van der Waals surface area contributed by atoms with E-state index in [0.29, 0.717) is 18.6 Å². The van der Waals surface area contributed by atoms with Crippen LogP contribution in [0.15, 0.2) is 47.3 Å². The van der Waals surface area contributed by atoms with Crippen LogP contribution >= 0.6 is 0 Å². The number of imide groups is 1. The summed E-state index contributed by atoms with van der Waals surface area (Å²) in [5, 5.41) is 19.5. The summed E-state index contributed by atoms with van der Waals surface area (Å²) in [5.41, 5.74) is 1.84. The number of hydrogen-bond acceptors (Lipinski definition) is 6. The second-order valence-corrected chi connectivity index (χ2v) is 6.65. The highest BCUT2D eigenvalue weighted by atomic mass is 16.7. The van der Waals surface area contributed by atoms with E-state index in [1.807, 2.05) is 30.3 Å². The van der Waals surface area contributed by atoms with Gasteiger partial charge in [-0.15, -0.1) is 0 Å². The number of rotatable bonds is 4. The zero-order valence-electron chi connectivity index (χ0n) is 15.2. The molecular weight excluding hydrogens is 350 g/mol. The highest BCUT2D eigenvalue weighted by Gasteiger charge is 2.48. The van der Waals surface area contributed by atoms with Gasteiger partial charge in [0.25, 0.3) is 5.91 Å². The van der Waals surface area contributed by atoms with Gasteiger partial charge in [-0.25, -0.2) is 4.79 Å². The largest absolute Gasteiger partial charge is 0.504 e. The minimum atomic E-state index is -0.658. The van der Waals surface area contributed by atoms with Crippen LogP contribution in [0.3, 0.4) is 0 Å². The van der Waals surface area contributed by atoms with E-state index in [-0.39, 0.29) is 17.5 Å². The first kappa shape index (κ1) is 18.9. The molecule has 4 atom stereocenters. The Kier molecular flexibility index (Phi) is 5.75. The van der Waals surface area contributed by atoms with Crippen LogP contribution in [0.2, 0.25) is 0 Å². The fourth-order valence-corrected chi connectivity index (χ4v) is 3.48. The van der Waals surface area contributed by atoms with Crippen LogP contribution in [0.1, 0.15) is 25.3 Å². The van der Waals surface area contributed by atoms with E-state index in [1.165, 1.54) is 13.4 Å². The van der Waals surface area contributed by atoms with Crippen LogP contribution < -0.4 is 10.6 Å². The van der Waals surface area contributed by atoms with Gasteiger partial charge in [-0.2, -0.15) is 0 Å². The summed E-state index contributed by atoms with van der Waals surface area (Å²) < 4.78 is 4.77. The van der Waals surface area contributed by atoms with Crippen LogP contribution in [0, 0.1) is 5.92 Å². The molecule has 2 aliphatic rings. The molecule has 3 rings (SSSR count). The van der Waals surface area contributed by atoms with Crippen molar-refractivity contribution in [2.24, 2.45) is 11.1 Å². The monoisotopic (exact) mass is 373 g/mol. The minimum absolute atomic E-state index is 0.278. The van der Waals surface area contributed by atoms with E-state index < -0.39 is 24.1 Å². The summed E-state index contributed by atoms with van der Waals surface area (Å²) in [4.78, 5) is 29.7. The van der Waals surface area contributed by atoms with E-state index in [0.717, 1.165) is 5.56 Å². The molecule has 1 aliphatic carbocycles. The number of fused-ring (bicyclic) bond motifs is 1. The normalized spacial score (nSPS) is 27.1. The maximum atomic E-state index is 12.3. The van der Waals surface area contributed by atoms with Crippen LogP contribution in [-0.2, 0) is 14.4 Å². The third kappa shape index (κ3) is 4.11. The lowest BCUT2D eigenvalue weighted by Crippen LogP contribution is -2.55. The summed E-state index contributed by atoms with van der Waals surface area (Å²) in [7, 11) is 1.43. The van der Waals surface area contributed by atoms with Crippen molar-refractivity contribution in [3.63, 3.8) is 0 Å². The Balaban J connectivity index is 1.73. The van der Waals surface area contributed by atoms with Gasteiger partial charge in [0, 0.05) is 11.6 Å². The SMILES string of the molecule is CO/C=C(/C)C(=O)NC(=O)N[C@@H]1CC[C@H](O)[C@H]2ON=C(c3ccccc3)[C@H]21. The first-order valence-electron chi connectivity index (χ1n) is 8.80. The lowest BCUT2D eigenvalue weighted by Gasteiger charge is -2.35. The lowest BCUT2D eigenvalue weighted by atomic mass is 9.76. The molecular formula is C19H23N3O5. The van der Waals surface area contributed by atoms with E-state index in [2.05, 4.69) is 15.8 Å². The molecule has 1 aromatic carbocycles. The number of methoxy groups -OCH3 is 1. The van der Waals surface area contributed by atoms with Crippen molar-refractivity contribution in [1.82, 2.24) is 10.6 Å². The molecule has 0 saturated heterocycles. The van der Waals surface area contributed by atoms with Gasteiger partial charge in [0.1, 0.15) is 0 Å². The van der Waals surface area contributed by atoms with Gasteiger partial charge >= 0.3 is 6.03 Å². The number of nitrogens with zero attached hydrogens (tertiary/aromatic N) is 1. The number of aliphatic hydroxyl groups is 1. The molecule has 8 nitrogen and oxygen atoms in total. The van der Waals surface area contributed by atoms with Crippen LogP contribution in [0.4, 0.5) is 4.79 Å². The molecule has 8 heteroatoms. The maximum Gasteiger partial charge on any atom is 0.321 e. The molecule has 0 radical (unpaired) electrons. The molecule has 1 fully saturated rings. The van der Waals surface area contributed by atoms with Crippen molar-refractivity contribution in [1.29, 1.82) is 0 Å². The highest BCUT2D eigenvalue weighted by Crippen LogP contribution is 2.35. The number of hydrogen-bond donors (Lipinski definition) is 3. The van der Waals surface area contributed by atoms with Gasteiger partial charge in [0.2, 0.25) is 0 Å². The zero-order chi connectivity index (χ0) is 19.4. The fraction of sp³-hybridized carbons (Fsp3) is 0.421. The number of urea groups is 1. The van der Waals surface area contributed by atoms with Crippen molar-refractivity contribution in [2.45, 2.75) is 38.0 Å². The van der Waals surface area contributed by atoms with Gasteiger partial charge in [-0.05, 0) is 25.3 Å². The van der Waals surface area contributed by atoms with Crippen molar-refractivity contribution in [3.05, 3.63) is 47.7 Å². The Bertz CT molecular complexity index is 762. The second-order valence-electron chi connectivity index (χ2n) is 6.65. The number of aliphatic hydroxyl groups excluding tert-OH is 1. The van der Waals surface area contributed by atoms with Gasteiger partial charge < -0.3 is 20.0 Å². The van der Waals surface area contributed by atoms with Gasteiger partial charge in [-0.3, -0.25) is 10.1 Å². The number of carbonyl (C=O) groups excluding carboxylic acids is 2. The quantitative estimate of drug-likeness (QED) is 0.545. The Morgan fingerprint density at radius 1 is 1.30 bits per heavy atom. The van der Waals surface area contributed by atoms with E-state index in [1.54, 1.807) is 6.92 Å². The summed E-state index contributed by atoms with van der Waals surface area (Å²) in [6.07, 6.45) is 1.10. The molecule has 1 saturated carbocycles. The molecule has 3 N–H and O–H groups in total. The average molecular weight is 373 g/mol. The topological polar surface area (TPSA) is 109 Å². The third-order valence-corrected chi connectivity index (χ3v) is 4.79. The van der Waals surface area contributed by atoms with Crippen molar-refractivity contribution >= 4 is 17.6 Å². The molecule has 3 amide bonds. The van der Waals surface area contributed by atoms with Crippen molar-refractivity contribution in [2.75, 3.05) is 7.11 Å². The van der Waals surface area contributed by atoms with Gasteiger partial charge in [-0.1, -0.05) is 35.5 Å². The zero-order valence-corrected chi connectivity index (χ0v) is 15.2. The molecule has 1 heterocycles. The average Bonchev–Trinajstić information content (AvgIpc) is 3.11. The van der Waals surface area contributed by atoms with Crippen LogP contribution in [-0.4, -0.2) is 48.1 Å². The predicted molar refractivity (Wildman–Crippen MR) is 97.8 cm³/mol. The molecule has 1 aromatic rings. The maximum absolute atomic E-state index is 12.3. The summed E-state index contributed by atoms with van der Waals surface area (Å²) in [5.74, 6) is -0.839. The first-order valence-corrected chi connectivity index (χ1v) is 8.80. The van der Waals surface area contributed by atoms with E-state index >= 15 is 0 Å². The Labute approximate surface area is 157 Å². The van der Waals surface area contributed by atoms with E-state index in [4.69, 9.17) is 9.57 Å². The molecule has 27 heavy (non-hydrogen) atoms. The number of nitrogens with one attached hydrogen (secondary N) is 2. The van der Waals surface area contributed by atoms with Gasteiger partial charge in [0.15, 0.2) is 6.10 Å². The standard InChI is InChI=1S/C19H23N3O5/c1-11(10-26-2)18(24)21-19(25)20-13-8-9-14(23)17-15(13)16(22-27-17)12-6-4-3-5-7-12/h3-7,10,13-15,17,23H,8-9H2,1-2H3,(H2,20,21,24,25)/b11-10-/t13-,14+,15-,17-/m1/s1. The van der Waals surface area contributed by atoms with Crippen molar-refractivity contribution < 1.29 is 24.3 Å². The summed E-state index contributed by atoms with van der Waals surface area (Å²) in [6.45, 7) is 1.55. The fourth-order valence-electron chi connectivity index (χ4n) is 3.48. The van der Waals surface area contributed by atoms with E-state index in [9.17, 15) is 14.7 Å². The Morgan fingerprint density at radius 3 is 2.74 bits per heavy atom. The number of carbonyl (C=O) groups is 2. The molecule has 0 unspecified atom stereocenters. The molecule has 0 aromatic heterocycles. The molecule has 0 spiro atoms. The predicted octanol–water partition coefficient (Wildman–Crippen LogP) is 1.30.